The van der Waals surface area contributed by atoms with Gasteiger partial charge in [0.15, 0.2) is 6.61 Å². The molecule has 4 aromatic rings. The van der Waals surface area contributed by atoms with Crippen LogP contribution in [0.2, 0.25) is 0 Å². The van der Waals surface area contributed by atoms with Crippen molar-refractivity contribution in [3.05, 3.63) is 102 Å². The standard InChI is InChI=1S/C28H24N2O5/c1-19-6-5-8-23(16-19)34-18-27(31)30-29-17-25-24-9-4-3-7-20(24)12-15-26(25)35-28(32)21-10-13-22(33-2)14-11-21/h3-17H,18H2,1-2H3,(H,30,31)/b29-17+. The van der Waals surface area contributed by atoms with E-state index in [2.05, 4.69) is 10.5 Å². The van der Waals surface area contributed by atoms with Crippen molar-refractivity contribution < 1.29 is 23.8 Å². The van der Waals surface area contributed by atoms with Crippen molar-refractivity contribution in [2.75, 3.05) is 13.7 Å². The van der Waals surface area contributed by atoms with Crippen molar-refractivity contribution in [2.24, 2.45) is 5.10 Å². The zero-order valence-corrected chi connectivity index (χ0v) is 19.4. The summed E-state index contributed by atoms with van der Waals surface area (Å²) in [6.45, 7) is 1.76. The Hall–Kier alpha value is -4.65. The number of nitrogens with one attached hydrogen (secondary N) is 1. The lowest BCUT2D eigenvalue weighted by Gasteiger charge is -2.11. The Balaban J connectivity index is 1.50. The highest BCUT2D eigenvalue weighted by Gasteiger charge is 2.14. The van der Waals surface area contributed by atoms with Crippen LogP contribution in [0.15, 0.2) is 90.0 Å². The number of aryl methyl sites for hydroxylation is 1. The first kappa shape index (κ1) is 23.5. The zero-order valence-electron chi connectivity index (χ0n) is 19.4. The predicted molar refractivity (Wildman–Crippen MR) is 134 cm³/mol. The van der Waals surface area contributed by atoms with Gasteiger partial charge in [0.05, 0.1) is 18.9 Å². The molecule has 176 valence electrons. The Kier molecular flexibility index (Phi) is 7.37. The van der Waals surface area contributed by atoms with Crippen LogP contribution in [0.3, 0.4) is 0 Å². The number of rotatable bonds is 8. The molecule has 0 radical (unpaired) electrons. The average Bonchev–Trinajstić information content (AvgIpc) is 2.88. The minimum absolute atomic E-state index is 0.185. The van der Waals surface area contributed by atoms with Crippen LogP contribution in [-0.4, -0.2) is 31.8 Å². The number of fused-ring (bicyclic) bond motifs is 1. The van der Waals surface area contributed by atoms with Gasteiger partial charge in [0, 0.05) is 5.56 Å². The smallest absolute Gasteiger partial charge is 0.343 e. The Morgan fingerprint density at radius 3 is 2.49 bits per heavy atom. The molecule has 35 heavy (non-hydrogen) atoms. The van der Waals surface area contributed by atoms with Crippen molar-refractivity contribution >= 4 is 28.9 Å². The van der Waals surface area contributed by atoms with Gasteiger partial charge in [-0.2, -0.15) is 5.10 Å². The molecule has 0 aliphatic rings. The minimum Gasteiger partial charge on any atom is -0.497 e. The molecule has 0 fully saturated rings. The molecule has 7 nitrogen and oxygen atoms in total. The molecule has 0 atom stereocenters. The lowest BCUT2D eigenvalue weighted by molar-refractivity contribution is -0.123. The Labute approximate surface area is 202 Å². The van der Waals surface area contributed by atoms with Gasteiger partial charge < -0.3 is 14.2 Å². The normalized spacial score (nSPS) is 10.8. The van der Waals surface area contributed by atoms with E-state index in [9.17, 15) is 9.59 Å². The summed E-state index contributed by atoms with van der Waals surface area (Å²) in [6.07, 6.45) is 1.46. The van der Waals surface area contributed by atoms with E-state index >= 15 is 0 Å². The molecule has 1 amide bonds. The number of hydrogen-bond acceptors (Lipinski definition) is 6. The van der Waals surface area contributed by atoms with Crippen LogP contribution in [0.25, 0.3) is 10.8 Å². The van der Waals surface area contributed by atoms with Gasteiger partial charge in [-0.3, -0.25) is 4.79 Å². The summed E-state index contributed by atoms with van der Waals surface area (Å²) in [6, 6.07) is 25.2. The fourth-order valence-electron chi connectivity index (χ4n) is 3.44. The van der Waals surface area contributed by atoms with Crippen molar-refractivity contribution in [2.45, 2.75) is 6.92 Å². The molecule has 0 aliphatic carbocycles. The first-order valence-corrected chi connectivity index (χ1v) is 10.9. The summed E-state index contributed by atoms with van der Waals surface area (Å²) in [4.78, 5) is 24.9. The van der Waals surface area contributed by atoms with E-state index in [-0.39, 0.29) is 6.61 Å². The number of ether oxygens (including phenoxy) is 3. The topological polar surface area (TPSA) is 86.2 Å². The van der Waals surface area contributed by atoms with Gasteiger partial charge in [0.25, 0.3) is 5.91 Å². The highest BCUT2D eigenvalue weighted by Crippen LogP contribution is 2.27. The molecule has 1 N–H and O–H groups in total. The van der Waals surface area contributed by atoms with E-state index < -0.39 is 11.9 Å². The molecule has 0 spiro atoms. The van der Waals surface area contributed by atoms with E-state index in [0.29, 0.717) is 28.4 Å². The molecular weight excluding hydrogens is 444 g/mol. The van der Waals surface area contributed by atoms with Crippen molar-refractivity contribution in [3.8, 4) is 17.2 Å². The number of benzene rings is 4. The summed E-state index contributed by atoms with van der Waals surface area (Å²) >= 11 is 0. The van der Waals surface area contributed by atoms with E-state index in [1.54, 1.807) is 43.5 Å². The van der Waals surface area contributed by atoms with Crippen LogP contribution < -0.4 is 19.6 Å². The molecule has 0 unspecified atom stereocenters. The minimum atomic E-state index is -0.520. The summed E-state index contributed by atoms with van der Waals surface area (Å²) in [7, 11) is 1.56. The predicted octanol–water partition coefficient (Wildman–Crippen LogP) is 4.91. The number of hydrogen-bond donors (Lipinski definition) is 1. The number of amides is 1. The summed E-state index contributed by atoms with van der Waals surface area (Å²) in [5.41, 5.74) is 4.43. The highest BCUT2D eigenvalue weighted by molar-refractivity contribution is 6.04. The lowest BCUT2D eigenvalue weighted by Crippen LogP contribution is -2.24. The number of carbonyl (C=O) groups is 2. The Morgan fingerprint density at radius 2 is 1.71 bits per heavy atom. The van der Waals surface area contributed by atoms with Crippen LogP contribution in [-0.2, 0) is 4.79 Å². The fourth-order valence-corrected chi connectivity index (χ4v) is 3.44. The molecule has 0 heterocycles. The van der Waals surface area contributed by atoms with Crippen LogP contribution in [0.1, 0.15) is 21.5 Å². The number of carbonyl (C=O) groups excluding carboxylic acids is 2. The first-order chi connectivity index (χ1) is 17.0. The van der Waals surface area contributed by atoms with Gasteiger partial charge in [-0.05, 0) is 65.7 Å². The van der Waals surface area contributed by atoms with Gasteiger partial charge in [-0.1, -0.05) is 42.5 Å². The third-order valence-corrected chi connectivity index (χ3v) is 5.20. The van der Waals surface area contributed by atoms with Gasteiger partial charge in [0.1, 0.15) is 17.2 Å². The van der Waals surface area contributed by atoms with Gasteiger partial charge >= 0.3 is 5.97 Å². The third kappa shape index (κ3) is 6.03. The summed E-state index contributed by atoms with van der Waals surface area (Å²) in [5.74, 6) is 0.625. The number of esters is 1. The Morgan fingerprint density at radius 1 is 0.914 bits per heavy atom. The second-order valence-electron chi connectivity index (χ2n) is 7.71. The second-order valence-corrected chi connectivity index (χ2v) is 7.71. The first-order valence-electron chi connectivity index (χ1n) is 10.9. The molecular formula is C28H24N2O5. The summed E-state index contributed by atoms with van der Waals surface area (Å²) < 4.78 is 16.3. The Bertz CT molecular complexity index is 1380. The monoisotopic (exact) mass is 468 g/mol. The van der Waals surface area contributed by atoms with Gasteiger partial charge in [-0.25, -0.2) is 10.2 Å². The maximum Gasteiger partial charge on any atom is 0.343 e. The quantitative estimate of drug-likeness (QED) is 0.172. The molecule has 4 rings (SSSR count). The highest BCUT2D eigenvalue weighted by atomic mass is 16.5. The molecule has 0 aliphatic heterocycles. The lowest BCUT2D eigenvalue weighted by atomic mass is 10.0. The number of hydrazone groups is 1. The summed E-state index contributed by atoms with van der Waals surface area (Å²) in [5, 5.41) is 5.83. The average molecular weight is 469 g/mol. The van der Waals surface area contributed by atoms with Crippen molar-refractivity contribution in [3.63, 3.8) is 0 Å². The van der Waals surface area contributed by atoms with Crippen molar-refractivity contribution in [1.29, 1.82) is 0 Å². The van der Waals surface area contributed by atoms with E-state index in [4.69, 9.17) is 14.2 Å². The van der Waals surface area contributed by atoms with E-state index in [1.165, 1.54) is 6.21 Å². The van der Waals surface area contributed by atoms with Crippen LogP contribution in [0, 0.1) is 6.92 Å². The maximum absolute atomic E-state index is 12.7. The number of methoxy groups -OCH3 is 1. The van der Waals surface area contributed by atoms with E-state index in [1.807, 2.05) is 55.5 Å². The van der Waals surface area contributed by atoms with E-state index in [0.717, 1.165) is 16.3 Å². The number of nitrogens with zero attached hydrogens (tertiary/aromatic N) is 1. The zero-order chi connectivity index (χ0) is 24.6. The second kappa shape index (κ2) is 11.0. The van der Waals surface area contributed by atoms with Crippen LogP contribution >= 0.6 is 0 Å². The third-order valence-electron chi connectivity index (χ3n) is 5.20. The SMILES string of the molecule is COc1ccc(C(=O)Oc2ccc3ccccc3c2/C=N/NC(=O)COc2cccc(C)c2)cc1. The molecule has 4 aromatic carbocycles. The molecule has 0 saturated heterocycles. The van der Waals surface area contributed by atoms with Crippen molar-refractivity contribution in [1.82, 2.24) is 5.43 Å². The van der Waals surface area contributed by atoms with Crippen LogP contribution in [0.4, 0.5) is 0 Å². The fraction of sp³-hybridized carbons (Fsp3) is 0.107. The maximum atomic E-state index is 12.7. The largest absolute Gasteiger partial charge is 0.497 e. The van der Waals surface area contributed by atoms with Gasteiger partial charge in [-0.15, -0.1) is 0 Å². The molecule has 7 heteroatoms. The molecule has 0 saturated carbocycles. The molecule has 0 aromatic heterocycles. The molecule has 0 bridgehead atoms. The van der Waals surface area contributed by atoms with Crippen LogP contribution in [0.5, 0.6) is 17.2 Å². The van der Waals surface area contributed by atoms with Gasteiger partial charge in [0.2, 0.25) is 0 Å².